The molecule has 1 saturated heterocycles. The maximum absolute atomic E-state index is 14.6. The quantitative estimate of drug-likeness (QED) is 0.334. The monoisotopic (exact) mass is 490 g/mol. The van der Waals surface area contributed by atoms with Gasteiger partial charge < -0.3 is 13.6 Å². The summed E-state index contributed by atoms with van der Waals surface area (Å²) in [6.45, 7) is 5.64. The summed E-state index contributed by atoms with van der Waals surface area (Å²) in [6.07, 6.45) is 15.7. The van der Waals surface area contributed by atoms with Crippen molar-refractivity contribution in [3.8, 4) is 0 Å². The molecular weight excluding hydrogens is 446 g/mol. The molecule has 4 aliphatic rings. The van der Waals surface area contributed by atoms with E-state index in [1.165, 1.54) is 19.3 Å². The summed E-state index contributed by atoms with van der Waals surface area (Å²) in [5.41, 5.74) is 0. The van der Waals surface area contributed by atoms with Crippen LogP contribution in [0.2, 0.25) is 0 Å². The lowest BCUT2D eigenvalue weighted by Crippen LogP contribution is -2.33. The third-order valence-corrected chi connectivity index (χ3v) is 13.5. The highest BCUT2D eigenvalue weighted by atomic mass is 31.2. The molecule has 3 aliphatic carbocycles. The van der Waals surface area contributed by atoms with Gasteiger partial charge in [0.2, 0.25) is 0 Å². The van der Waals surface area contributed by atoms with E-state index in [-0.39, 0.29) is 18.3 Å². The van der Waals surface area contributed by atoms with Gasteiger partial charge >= 0.3 is 15.2 Å². The fourth-order valence-corrected chi connectivity index (χ4v) is 11.4. The minimum atomic E-state index is -3.70. The zero-order chi connectivity index (χ0) is 22.9. The van der Waals surface area contributed by atoms with Gasteiger partial charge in [-0.15, -0.1) is 0 Å². The molecule has 6 nitrogen and oxygen atoms in total. The van der Waals surface area contributed by atoms with E-state index in [2.05, 4.69) is 0 Å². The van der Waals surface area contributed by atoms with Crippen LogP contribution in [0.25, 0.3) is 0 Å². The van der Waals surface area contributed by atoms with E-state index in [4.69, 9.17) is 18.1 Å². The zero-order valence-electron chi connectivity index (χ0n) is 20.4. The summed E-state index contributed by atoms with van der Waals surface area (Å²) in [5.74, 6) is 0. The molecule has 0 radical (unpaired) electrons. The Hall–Kier alpha value is 0.300. The van der Waals surface area contributed by atoms with E-state index in [0.29, 0.717) is 6.42 Å². The SMILES string of the molecule is CC1(C)CC(C)(P(=O)(OC2CCCCC2)OC2CCCCC2)OP1(=O)OC1CCCCC1. The van der Waals surface area contributed by atoms with Crippen LogP contribution in [0.4, 0.5) is 0 Å². The van der Waals surface area contributed by atoms with Gasteiger partial charge in [0.15, 0.2) is 5.34 Å². The Morgan fingerprint density at radius 1 is 0.719 bits per heavy atom. The molecule has 0 spiro atoms. The fraction of sp³-hybridized carbons (Fsp3) is 1.00. The second kappa shape index (κ2) is 10.1. The second-order valence-corrected chi connectivity index (χ2v) is 16.3. The zero-order valence-corrected chi connectivity index (χ0v) is 22.2. The van der Waals surface area contributed by atoms with Crippen LogP contribution in [0.5, 0.6) is 0 Å². The van der Waals surface area contributed by atoms with Crippen LogP contribution in [0.3, 0.4) is 0 Å². The van der Waals surface area contributed by atoms with Crippen molar-refractivity contribution in [1.82, 2.24) is 0 Å². The molecule has 0 aromatic carbocycles. The molecule has 0 bridgehead atoms. The smallest absolute Gasteiger partial charge is 0.305 e. The van der Waals surface area contributed by atoms with E-state index in [0.717, 1.165) is 77.0 Å². The molecule has 0 amide bonds. The summed E-state index contributed by atoms with van der Waals surface area (Å²) in [7, 11) is -7.20. The van der Waals surface area contributed by atoms with Crippen LogP contribution in [0.1, 0.15) is 124 Å². The van der Waals surface area contributed by atoms with Crippen molar-refractivity contribution in [1.29, 1.82) is 0 Å². The molecule has 1 heterocycles. The Labute approximate surface area is 194 Å². The van der Waals surface area contributed by atoms with Gasteiger partial charge in [-0.3, -0.25) is 13.7 Å². The van der Waals surface area contributed by atoms with Crippen molar-refractivity contribution in [2.45, 2.75) is 152 Å². The molecule has 0 aromatic rings. The predicted octanol–water partition coefficient (Wildman–Crippen LogP) is 8.34. The normalized spacial score (nSPS) is 35.8. The molecule has 1 aliphatic heterocycles. The first-order valence-electron chi connectivity index (χ1n) is 13.1. The Balaban J connectivity index is 1.58. The average molecular weight is 491 g/mol. The first kappa shape index (κ1) is 25.4. The fourth-order valence-electron chi connectivity index (χ4n) is 5.97. The molecule has 32 heavy (non-hydrogen) atoms. The maximum atomic E-state index is 14.6. The summed E-state index contributed by atoms with van der Waals surface area (Å²) >= 11 is 0. The van der Waals surface area contributed by atoms with E-state index in [1.807, 2.05) is 13.8 Å². The van der Waals surface area contributed by atoms with Crippen LogP contribution < -0.4 is 0 Å². The predicted molar refractivity (Wildman–Crippen MR) is 127 cm³/mol. The van der Waals surface area contributed by atoms with Gasteiger partial charge in [-0.05, 0) is 59.3 Å². The van der Waals surface area contributed by atoms with E-state index in [9.17, 15) is 9.13 Å². The lowest BCUT2D eigenvalue weighted by atomic mass is 9.98. The first-order chi connectivity index (χ1) is 15.1. The van der Waals surface area contributed by atoms with Crippen molar-refractivity contribution in [3.63, 3.8) is 0 Å². The van der Waals surface area contributed by atoms with Crippen molar-refractivity contribution in [3.05, 3.63) is 0 Å². The molecular formula is C24H44O6P2. The van der Waals surface area contributed by atoms with Gasteiger partial charge in [0.25, 0.3) is 0 Å². The standard InChI is InChI=1S/C24H44O6P2/c1-23(2)19-24(3,30-31(23,25)27-20-13-7-4-8-14-20)32(26,28-21-15-9-5-10-16-21)29-22-17-11-6-12-18-22/h20-22H,4-19H2,1-3H3. The molecule has 0 aromatic heterocycles. The highest BCUT2D eigenvalue weighted by molar-refractivity contribution is 7.60. The molecule has 8 heteroatoms. The molecule has 2 unspecified atom stereocenters. The minimum Gasteiger partial charge on any atom is -0.305 e. The molecule has 4 fully saturated rings. The summed E-state index contributed by atoms with van der Waals surface area (Å²) in [6, 6.07) is 0. The van der Waals surface area contributed by atoms with Gasteiger partial charge in [-0.25, -0.2) is 0 Å². The molecule has 186 valence electrons. The Bertz CT molecular complexity index is 698. The topological polar surface area (TPSA) is 71.1 Å². The van der Waals surface area contributed by atoms with Crippen LogP contribution in [-0.4, -0.2) is 28.8 Å². The van der Waals surface area contributed by atoms with Crippen molar-refractivity contribution in [2.75, 3.05) is 0 Å². The third-order valence-electron chi connectivity index (χ3n) is 7.92. The average Bonchev–Trinajstić information content (AvgIpc) is 2.94. The lowest BCUT2D eigenvalue weighted by molar-refractivity contribution is 0.0318. The number of hydrogen-bond donors (Lipinski definition) is 0. The number of hydrogen-bond acceptors (Lipinski definition) is 6. The van der Waals surface area contributed by atoms with E-state index < -0.39 is 25.7 Å². The second-order valence-electron chi connectivity index (χ2n) is 11.3. The van der Waals surface area contributed by atoms with Crippen LogP contribution >= 0.6 is 15.2 Å². The van der Waals surface area contributed by atoms with E-state index in [1.54, 1.807) is 6.92 Å². The highest BCUT2D eigenvalue weighted by Gasteiger charge is 2.67. The highest BCUT2D eigenvalue weighted by Crippen LogP contribution is 2.80. The molecule has 0 N–H and O–H groups in total. The van der Waals surface area contributed by atoms with Gasteiger partial charge in [0.05, 0.1) is 23.5 Å². The van der Waals surface area contributed by atoms with Crippen molar-refractivity contribution < 1.29 is 27.2 Å². The van der Waals surface area contributed by atoms with Crippen molar-refractivity contribution >= 4 is 15.2 Å². The molecule has 2 atom stereocenters. The summed E-state index contributed by atoms with van der Waals surface area (Å²) < 4.78 is 54.0. The maximum Gasteiger partial charge on any atom is 0.363 e. The van der Waals surface area contributed by atoms with Gasteiger partial charge in [0.1, 0.15) is 0 Å². The first-order valence-corrected chi connectivity index (χ1v) is 16.2. The third kappa shape index (κ3) is 5.42. The van der Waals surface area contributed by atoms with Crippen LogP contribution in [-0.2, 0) is 27.2 Å². The lowest BCUT2D eigenvalue weighted by Gasteiger charge is -2.38. The number of rotatable bonds is 7. The van der Waals surface area contributed by atoms with Gasteiger partial charge in [0, 0.05) is 6.42 Å². The molecule has 4 rings (SSSR count). The molecule has 3 saturated carbocycles. The Morgan fingerprint density at radius 2 is 1.12 bits per heavy atom. The van der Waals surface area contributed by atoms with Crippen LogP contribution in [0, 0.1) is 0 Å². The summed E-state index contributed by atoms with van der Waals surface area (Å²) in [4.78, 5) is 0. The van der Waals surface area contributed by atoms with Gasteiger partial charge in [-0.2, -0.15) is 0 Å². The summed E-state index contributed by atoms with van der Waals surface area (Å²) in [5, 5.41) is -1.99. The van der Waals surface area contributed by atoms with Crippen LogP contribution in [0.15, 0.2) is 0 Å². The largest absolute Gasteiger partial charge is 0.363 e. The minimum absolute atomic E-state index is 0.0471. The Kier molecular flexibility index (Phi) is 8.03. The Morgan fingerprint density at radius 3 is 1.56 bits per heavy atom. The van der Waals surface area contributed by atoms with Crippen molar-refractivity contribution in [2.24, 2.45) is 0 Å². The van der Waals surface area contributed by atoms with Gasteiger partial charge in [-0.1, -0.05) is 57.8 Å². The van der Waals surface area contributed by atoms with E-state index >= 15 is 0 Å².